The minimum Gasteiger partial charge on any atom is -0.376 e. The van der Waals surface area contributed by atoms with Crippen LogP contribution in [0.4, 0.5) is 14.5 Å². The van der Waals surface area contributed by atoms with Crippen molar-refractivity contribution >= 4 is 5.69 Å². The van der Waals surface area contributed by atoms with Crippen molar-refractivity contribution in [2.24, 2.45) is 0 Å². The molecule has 2 N–H and O–H groups in total. The SMILES string of the molecule is Cc1[nH]ncc1CNc1c(F)cccc1F. The minimum atomic E-state index is -0.596. The molecular formula is C11H11F2N3. The highest BCUT2D eigenvalue weighted by molar-refractivity contribution is 5.46. The summed E-state index contributed by atoms with van der Waals surface area (Å²) in [4.78, 5) is 0. The van der Waals surface area contributed by atoms with E-state index in [9.17, 15) is 8.78 Å². The van der Waals surface area contributed by atoms with Crippen LogP contribution in [-0.2, 0) is 6.54 Å². The van der Waals surface area contributed by atoms with Crippen LogP contribution in [0.25, 0.3) is 0 Å². The van der Waals surface area contributed by atoms with E-state index in [1.54, 1.807) is 6.20 Å². The average Bonchev–Trinajstić information content (AvgIpc) is 2.64. The van der Waals surface area contributed by atoms with Gasteiger partial charge in [0.05, 0.1) is 6.20 Å². The van der Waals surface area contributed by atoms with Crippen molar-refractivity contribution in [3.05, 3.63) is 47.3 Å². The number of para-hydroxylation sites is 1. The Morgan fingerprint density at radius 2 is 2.00 bits per heavy atom. The third kappa shape index (κ3) is 2.03. The van der Waals surface area contributed by atoms with Crippen LogP contribution in [0.1, 0.15) is 11.3 Å². The number of hydrogen-bond acceptors (Lipinski definition) is 2. The van der Waals surface area contributed by atoms with Gasteiger partial charge in [0.1, 0.15) is 17.3 Å². The summed E-state index contributed by atoms with van der Waals surface area (Å²) in [5.41, 5.74) is 1.65. The van der Waals surface area contributed by atoms with E-state index in [2.05, 4.69) is 15.5 Å². The summed E-state index contributed by atoms with van der Waals surface area (Å²) in [5.74, 6) is -1.19. The molecule has 0 unspecified atom stereocenters. The number of benzene rings is 1. The molecule has 0 aliphatic rings. The second-order valence-electron chi connectivity index (χ2n) is 3.47. The van der Waals surface area contributed by atoms with Crippen LogP contribution in [0.15, 0.2) is 24.4 Å². The smallest absolute Gasteiger partial charge is 0.149 e. The maximum absolute atomic E-state index is 13.3. The van der Waals surface area contributed by atoms with Crippen LogP contribution in [0.5, 0.6) is 0 Å². The van der Waals surface area contributed by atoms with Gasteiger partial charge >= 0.3 is 0 Å². The van der Waals surface area contributed by atoms with Gasteiger partial charge in [-0.25, -0.2) is 8.78 Å². The molecule has 84 valence electrons. The zero-order valence-corrected chi connectivity index (χ0v) is 8.72. The van der Waals surface area contributed by atoms with E-state index in [-0.39, 0.29) is 5.69 Å². The molecule has 0 bridgehead atoms. The monoisotopic (exact) mass is 223 g/mol. The molecule has 3 nitrogen and oxygen atoms in total. The Morgan fingerprint density at radius 1 is 1.31 bits per heavy atom. The largest absolute Gasteiger partial charge is 0.376 e. The maximum Gasteiger partial charge on any atom is 0.149 e. The normalized spacial score (nSPS) is 10.4. The van der Waals surface area contributed by atoms with Crippen molar-refractivity contribution in [2.75, 3.05) is 5.32 Å². The lowest BCUT2D eigenvalue weighted by molar-refractivity contribution is 0.588. The molecule has 0 fully saturated rings. The highest BCUT2D eigenvalue weighted by Gasteiger charge is 2.08. The Kier molecular flexibility index (Phi) is 2.85. The predicted octanol–water partition coefficient (Wildman–Crippen LogP) is 2.61. The highest BCUT2D eigenvalue weighted by Crippen LogP contribution is 2.19. The molecule has 16 heavy (non-hydrogen) atoms. The summed E-state index contributed by atoms with van der Waals surface area (Å²) in [7, 11) is 0. The molecule has 0 atom stereocenters. The standard InChI is InChI=1S/C11H11F2N3/c1-7-8(6-15-16-7)5-14-11-9(12)3-2-4-10(11)13/h2-4,6,14H,5H2,1H3,(H,15,16). The predicted molar refractivity (Wildman–Crippen MR) is 57.0 cm³/mol. The fourth-order valence-electron chi connectivity index (χ4n) is 1.40. The number of aromatic nitrogens is 2. The van der Waals surface area contributed by atoms with Gasteiger partial charge in [0.2, 0.25) is 0 Å². The fourth-order valence-corrected chi connectivity index (χ4v) is 1.40. The van der Waals surface area contributed by atoms with Crippen molar-refractivity contribution < 1.29 is 8.78 Å². The van der Waals surface area contributed by atoms with Gasteiger partial charge in [-0.05, 0) is 19.1 Å². The molecule has 0 saturated heterocycles. The van der Waals surface area contributed by atoms with Gasteiger partial charge in [-0.1, -0.05) is 6.07 Å². The maximum atomic E-state index is 13.3. The second kappa shape index (κ2) is 4.30. The molecule has 1 aromatic heterocycles. The van der Waals surface area contributed by atoms with E-state index < -0.39 is 11.6 Å². The lowest BCUT2D eigenvalue weighted by Crippen LogP contribution is -2.04. The molecule has 2 aromatic rings. The van der Waals surface area contributed by atoms with Crippen LogP contribution < -0.4 is 5.32 Å². The van der Waals surface area contributed by atoms with Gasteiger partial charge in [0.15, 0.2) is 0 Å². The molecule has 0 spiro atoms. The number of H-pyrrole nitrogens is 1. The van der Waals surface area contributed by atoms with Crippen molar-refractivity contribution in [1.29, 1.82) is 0 Å². The average molecular weight is 223 g/mol. The molecular weight excluding hydrogens is 212 g/mol. The van der Waals surface area contributed by atoms with E-state index in [4.69, 9.17) is 0 Å². The number of rotatable bonds is 3. The molecule has 0 aliphatic carbocycles. The Hall–Kier alpha value is -1.91. The quantitative estimate of drug-likeness (QED) is 0.839. The summed E-state index contributed by atoms with van der Waals surface area (Å²) in [6.45, 7) is 2.18. The van der Waals surface area contributed by atoms with Gasteiger partial charge in [-0.15, -0.1) is 0 Å². The first-order chi connectivity index (χ1) is 7.68. The molecule has 2 rings (SSSR count). The number of aromatic amines is 1. The molecule has 1 aromatic carbocycles. The van der Waals surface area contributed by atoms with Crippen molar-refractivity contribution in [1.82, 2.24) is 10.2 Å². The molecule has 0 aliphatic heterocycles. The van der Waals surface area contributed by atoms with Crippen LogP contribution >= 0.6 is 0 Å². The summed E-state index contributed by atoms with van der Waals surface area (Å²) in [6, 6.07) is 3.76. The Bertz CT molecular complexity index is 473. The summed E-state index contributed by atoms with van der Waals surface area (Å²) in [5, 5.41) is 9.30. The topological polar surface area (TPSA) is 40.7 Å². The number of halogens is 2. The summed E-state index contributed by atoms with van der Waals surface area (Å²) in [6.07, 6.45) is 1.63. The van der Waals surface area contributed by atoms with E-state index in [0.717, 1.165) is 11.3 Å². The second-order valence-corrected chi connectivity index (χ2v) is 3.47. The first-order valence-corrected chi connectivity index (χ1v) is 4.85. The third-order valence-corrected chi connectivity index (χ3v) is 2.35. The fraction of sp³-hybridized carbons (Fsp3) is 0.182. The third-order valence-electron chi connectivity index (χ3n) is 2.35. The highest BCUT2D eigenvalue weighted by atomic mass is 19.1. The first kappa shape index (κ1) is 10.6. The molecule has 0 amide bonds. The lowest BCUT2D eigenvalue weighted by Gasteiger charge is -2.07. The number of aryl methyl sites for hydroxylation is 1. The van der Waals surface area contributed by atoms with Gasteiger partial charge in [-0.3, -0.25) is 5.10 Å². The zero-order chi connectivity index (χ0) is 11.5. The molecule has 0 saturated carbocycles. The minimum absolute atomic E-state index is 0.108. The van der Waals surface area contributed by atoms with Crippen LogP contribution in [0.2, 0.25) is 0 Å². The summed E-state index contributed by atoms with van der Waals surface area (Å²) >= 11 is 0. The Balaban J connectivity index is 2.14. The Morgan fingerprint density at radius 3 is 2.56 bits per heavy atom. The van der Waals surface area contributed by atoms with E-state index >= 15 is 0 Å². The zero-order valence-electron chi connectivity index (χ0n) is 8.72. The summed E-state index contributed by atoms with van der Waals surface area (Å²) < 4.78 is 26.5. The van der Waals surface area contributed by atoms with Gasteiger partial charge in [0, 0.05) is 17.8 Å². The van der Waals surface area contributed by atoms with E-state index in [0.29, 0.717) is 6.54 Å². The van der Waals surface area contributed by atoms with Crippen molar-refractivity contribution in [3.8, 4) is 0 Å². The van der Waals surface area contributed by atoms with Gasteiger partial charge in [0.25, 0.3) is 0 Å². The van der Waals surface area contributed by atoms with E-state index in [1.807, 2.05) is 6.92 Å². The first-order valence-electron chi connectivity index (χ1n) is 4.85. The van der Waals surface area contributed by atoms with Gasteiger partial charge < -0.3 is 5.32 Å². The molecule has 1 heterocycles. The number of anilines is 1. The van der Waals surface area contributed by atoms with Crippen molar-refractivity contribution in [3.63, 3.8) is 0 Å². The molecule has 0 radical (unpaired) electrons. The molecule has 5 heteroatoms. The van der Waals surface area contributed by atoms with Gasteiger partial charge in [-0.2, -0.15) is 5.10 Å². The van der Waals surface area contributed by atoms with Crippen LogP contribution in [-0.4, -0.2) is 10.2 Å². The van der Waals surface area contributed by atoms with Crippen LogP contribution in [0, 0.1) is 18.6 Å². The Labute approximate surface area is 91.5 Å². The van der Waals surface area contributed by atoms with Crippen LogP contribution in [0.3, 0.4) is 0 Å². The lowest BCUT2D eigenvalue weighted by atomic mass is 10.2. The number of nitrogens with one attached hydrogen (secondary N) is 2. The van der Waals surface area contributed by atoms with Crippen molar-refractivity contribution in [2.45, 2.75) is 13.5 Å². The number of nitrogens with zero attached hydrogens (tertiary/aromatic N) is 1. The number of hydrogen-bond donors (Lipinski definition) is 2. The van der Waals surface area contributed by atoms with E-state index in [1.165, 1.54) is 18.2 Å².